The molecule has 0 radical (unpaired) electrons. The van der Waals surface area contributed by atoms with Crippen molar-refractivity contribution in [2.75, 3.05) is 6.54 Å². The van der Waals surface area contributed by atoms with Crippen LogP contribution in [0.1, 0.15) is 43.7 Å². The van der Waals surface area contributed by atoms with E-state index in [0.717, 1.165) is 36.8 Å². The van der Waals surface area contributed by atoms with Crippen molar-refractivity contribution >= 4 is 10.0 Å². The quantitative estimate of drug-likeness (QED) is 0.897. The van der Waals surface area contributed by atoms with E-state index in [1.807, 2.05) is 19.9 Å². The van der Waals surface area contributed by atoms with Gasteiger partial charge in [0, 0.05) is 12.1 Å². The summed E-state index contributed by atoms with van der Waals surface area (Å²) in [5.41, 5.74) is 7.49. The van der Waals surface area contributed by atoms with Crippen LogP contribution in [0.25, 0.3) is 0 Å². The maximum atomic E-state index is 12.6. The first-order valence-electron chi connectivity index (χ1n) is 7.59. The first-order valence-corrected chi connectivity index (χ1v) is 9.08. The van der Waals surface area contributed by atoms with Crippen LogP contribution < -0.4 is 10.5 Å². The zero-order valence-electron chi connectivity index (χ0n) is 13.1. The lowest BCUT2D eigenvalue weighted by molar-refractivity contribution is 0.231. The van der Waals surface area contributed by atoms with Crippen LogP contribution in [0.3, 0.4) is 0 Å². The number of nitrogens with one attached hydrogen (secondary N) is 1. The Morgan fingerprint density at radius 1 is 1.24 bits per heavy atom. The summed E-state index contributed by atoms with van der Waals surface area (Å²) in [5, 5.41) is 0. The summed E-state index contributed by atoms with van der Waals surface area (Å²) >= 11 is 0. The number of nitrogens with two attached hydrogens (primary N) is 1. The Balaban J connectivity index is 2.25. The second-order valence-electron chi connectivity index (χ2n) is 6.52. The second-order valence-corrected chi connectivity index (χ2v) is 8.20. The summed E-state index contributed by atoms with van der Waals surface area (Å²) in [4.78, 5) is 0.331. The van der Waals surface area contributed by atoms with Gasteiger partial charge >= 0.3 is 0 Å². The van der Waals surface area contributed by atoms with Crippen LogP contribution in [-0.4, -0.2) is 20.5 Å². The Hall–Kier alpha value is -0.910. The normalized spacial score (nSPS) is 26.8. The van der Waals surface area contributed by atoms with E-state index in [2.05, 4.69) is 11.6 Å². The molecule has 0 bridgehead atoms. The zero-order valence-corrected chi connectivity index (χ0v) is 14.0. The van der Waals surface area contributed by atoms with Crippen LogP contribution in [0.5, 0.6) is 0 Å². The highest BCUT2D eigenvalue weighted by molar-refractivity contribution is 7.89. The first kappa shape index (κ1) is 16.5. The molecule has 0 amide bonds. The first-order chi connectivity index (χ1) is 9.78. The molecule has 118 valence electrons. The molecule has 1 saturated carbocycles. The molecule has 1 aliphatic rings. The third-order valence-electron chi connectivity index (χ3n) is 4.76. The largest absolute Gasteiger partial charge is 0.329 e. The topological polar surface area (TPSA) is 72.2 Å². The third kappa shape index (κ3) is 3.65. The van der Waals surface area contributed by atoms with E-state index in [0.29, 0.717) is 17.4 Å². The van der Waals surface area contributed by atoms with Crippen LogP contribution in [0, 0.1) is 19.8 Å². The highest BCUT2D eigenvalue weighted by atomic mass is 32.2. The van der Waals surface area contributed by atoms with Crippen LogP contribution in [-0.2, 0) is 10.0 Å². The van der Waals surface area contributed by atoms with Crippen molar-refractivity contribution in [3.05, 3.63) is 29.3 Å². The average molecular weight is 310 g/mol. The lowest BCUT2D eigenvalue weighted by Gasteiger charge is -2.38. The molecule has 0 atom stereocenters. The van der Waals surface area contributed by atoms with E-state index in [-0.39, 0.29) is 0 Å². The molecule has 2 rings (SSSR count). The van der Waals surface area contributed by atoms with E-state index in [4.69, 9.17) is 5.73 Å². The van der Waals surface area contributed by atoms with Crippen molar-refractivity contribution in [3.63, 3.8) is 0 Å². The second kappa shape index (κ2) is 6.07. The van der Waals surface area contributed by atoms with Crippen LogP contribution in [0.15, 0.2) is 23.1 Å². The van der Waals surface area contributed by atoms with Gasteiger partial charge in [0.15, 0.2) is 0 Å². The van der Waals surface area contributed by atoms with E-state index in [9.17, 15) is 8.42 Å². The lowest BCUT2D eigenvalue weighted by Crippen LogP contribution is -2.55. The number of sulfonamides is 1. The fraction of sp³-hybridized carbons (Fsp3) is 0.625. The molecule has 21 heavy (non-hydrogen) atoms. The predicted molar refractivity (Wildman–Crippen MR) is 85.7 cm³/mol. The van der Waals surface area contributed by atoms with Crippen molar-refractivity contribution < 1.29 is 8.42 Å². The van der Waals surface area contributed by atoms with Gasteiger partial charge < -0.3 is 5.73 Å². The zero-order chi connectivity index (χ0) is 15.7. The van der Waals surface area contributed by atoms with E-state index < -0.39 is 15.6 Å². The van der Waals surface area contributed by atoms with Crippen molar-refractivity contribution in [2.45, 2.75) is 56.9 Å². The Labute approximate surface area is 128 Å². The van der Waals surface area contributed by atoms with Gasteiger partial charge in [0.05, 0.1) is 4.90 Å². The van der Waals surface area contributed by atoms with Gasteiger partial charge in [-0.05, 0) is 68.7 Å². The van der Waals surface area contributed by atoms with Gasteiger partial charge in [0.25, 0.3) is 0 Å². The molecular formula is C16H26N2O2S. The SMILES string of the molecule is Cc1ccc(S(=O)(=O)NC2(CN)CCC(C)CC2)cc1C. The number of rotatable bonds is 4. The molecule has 0 spiro atoms. The van der Waals surface area contributed by atoms with Gasteiger partial charge in [-0.3, -0.25) is 0 Å². The van der Waals surface area contributed by atoms with Crippen molar-refractivity contribution in [2.24, 2.45) is 11.7 Å². The molecule has 0 aromatic heterocycles. The van der Waals surface area contributed by atoms with Crippen LogP contribution in [0.4, 0.5) is 0 Å². The fourth-order valence-corrected chi connectivity index (χ4v) is 4.44. The summed E-state index contributed by atoms with van der Waals surface area (Å²) in [7, 11) is -3.52. The monoisotopic (exact) mass is 310 g/mol. The fourth-order valence-electron chi connectivity index (χ4n) is 2.89. The molecule has 0 aliphatic heterocycles. The molecule has 4 nitrogen and oxygen atoms in total. The van der Waals surface area contributed by atoms with E-state index in [1.54, 1.807) is 12.1 Å². The van der Waals surface area contributed by atoms with E-state index >= 15 is 0 Å². The maximum Gasteiger partial charge on any atom is 0.241 e. The molecule has 1 aliphatic carbocycles. The van der Waals surface area contributed by atoms with Crippen molar-refractivity contribution in [1.29, 1.82) is 0 Å². The third-order valence-corrected chi connectivity index (χ3v) is 6.34. The predicted octanol–water partition coefficient (Wildman–Crippen LogP) is 2.49. The van der Waals surface area contributed by atoms with Crippen molar-refractivity contribution in [1.82, 2.24) is 4.72 Å². The van der Waals surface area contributed by atoms with Gasteiger partial charge in [-0.25, -0.2) is 13.1 Å². The number of benzene rings is 1. The molecule has 3 N–H and O–H groups in total. The minimum Gasteiger partial charge on any atom is -0.329 e. The smallest absolute Gasteiger partial charge is 0.241 e. The average Bonchev–Trinajstić information content (AvgIpc) is 2.44. The van der Waals surface area contributed by atoms with Crippen LogP contribution >= 0.6 is 0 Å². The summed E-state index contributed by atoms with van der Waals surface area (Å²) < 4.78 is 28.2. The molecule has 1 fully saturated rings. The maximum absolute atomic E-state index is 12.6. The van der Waals surface area contributed by atoms with Gasteiger partial charge in [-0.15, -0.1) is 0 Å². The van der Waals surface area contributed by atoms with E-state index in [1.165, 1.54) is 0 Å². The summed E-state index contributed by atoms with van der Waals surface area (Å²) in [6, 6.07) is 5.25. The van der Waals surface area contributed by atoms with Gasteiger partial charge in [-0.1, -0.05) is 13.0 Å². The Morgan fingerprint density at radius 2 is 1.86 bits per heavy atom. The molecular weight excluding hydrogens is 284 g/mol. The standard InChI is InChI=1S/C16H26N2O2S/c1-12-6-8-16(11-17,9-7-12)18-21(19,20)15-5-4-13(2)14(3)10-15/h4-5,10,12,18H,6-9,11,17H2,1-3H3. The van der Waals surface area contributed by atoms with Crippen molar-refractivity contribution in [3.8, 4) is 0 Å². The molecule has 0 heterocycles. The minimum absolute atomic E-state index is 0.331. The minimum atomic E-state index is -3.52. The Kier molecular flexibility index (Phi) is 4.76. The lowest BCUT2D eigenvalue weighted by atomic mass is 9.78. The highest BCUT2D eigenvalue weighted by Gasteiger charge is 2.37. The van der Waals surface area contributed by atoms with Gasteiger partial charge in [0.2, 0.25) is 10.0 Å². The Morgan fingerprint density at radius 3 is 2.38 bits per heavy atom. The summed E-state index contributed by atoms with van der Waals surface area (Å²) in [6.45, 7) is 6.46. The Bertz CT molecular complexity index is 603. The molecule has 5 heteroatoms. The van der Waals surface area contributed by atoms with Gasteiger partial charge in [0.1, 0.15) is 0 Å². The molecule has 0 saturated heterocycles. The number of aryl methyl sites for hydroxylation is 2. The summed E-state index contributed by atoms with van der Waals surface area (Å²) in [5.74, 6) is 0.649. The molecule has 0 unspecified atom stereocenters. The highest BCUT2D eigenvalue weighted by Crippen LogP contribution is 2.32. The number of hydrogen-bond donors (Lipinski definition) is 2. The molecule has 1 aromatic rings. The van der Waals surface area contributed by atoms with Gasteiger partial charge in [-0.2, -0.15) is 0 Å². The number of hydrogen-bond acceptors (Lipinski definition) is 3. The summed E-state index contributed by atoms with van der Waals surface area (Å²) in [6.07, 6.45) is 3.67. The van der Waals surface area contributed by atoms with Crippen LogP contribution in [0.2, 0.25) is 0 Å². The molecule has 1 aromatic carbocycles.